The molecule has 0 bridgehead atoms. The van der Waals surface area contributed by atoms with Crippen LogP contribution in [0.3, 0.4) is 0 Å². The molecule has 0 aliphatic heterocycles. The average Bonchev–Trinajstić information content (AvgIpc) is 2.40. The smallest absolute Gasteiger partial charge is 0.271 e. The molecule has 0 amide bonds. The quantitative estimate of drug-likeness (QED) is 0.518. The summed E-state index contributed by atoms with van der Waals surface area (Å²) in [6, 6.07) is 8.68. The number of rotatable bonds is 3. The van der Waals surface area contributed by atoms with Gasteiger partial charge in [-0.25, -0.2) is 0 Å². The topological polar surface area (TPSA) is 127 Å². The Balaban J connectivity index is 3.27. The largest absolute Gasteiger partial charge is 0.344 e. The fourth-order valence-corrected chi connectivity index (χ4v) is 1.49. The number of non-ortho nitro benzene ring substituents is 1. The predicted octanol–water partition coefficient (Wildman–Crippen LogP) is 2.59. The molecule has 0 spiro atoms. The van der Waals surface area contributed by atoms with Crippen LogP contribution in [0.1, 0.15) is 0 Å². The van der Waals surface area contributed by atoms with E-state index in [2.05, 4.69) is 21.2 Å². The lowest BCUT2D eigenvalue weighted by Crippen LogP contribution is -2.02. The monoisotopic (exact) mass is 317 g/mol. The van der Waals surface area contributed by atoms with Crippen molar-refractivity contribution in [3.05, 3.63) is 44.1 Å². The van der Waals surface area contributed by atoms with Crippen LogP contribution < -0.4 is 5.32 Å². The average molecular weight is 318 g/mol. The van der Waals surface area contributed by atoms with Gasteiger partial charge in [0, 0.05) is 16.6 Å². The number of hydrogen-bond donors (Lipinski definition) is 1. The Bertz CT molecular complexity index is 675. The molecule has 0 fully saturated rings. The Morgan fingerprint density at radius 2 is 1.89 bits per heavy atom. The van der Waals surface area contributed by atoms with E-state index >= 15 is 0 Å². The first-order valence-electron chi connectivity index (χ1n) is 4.69. The van der Waals surface area contributed by atoms with E-state index in [9.17, 15) is 10.1 Å². The van der Waals surface area contributed by atoms with E-state index < -0.39 is 10.5 Å². The van der Waals surface area contributed by atoms with Crippen molar-refractivity contribution in [3.63, 3.8) is 0 Å². The highest BCUT2D eigenvalue weighted by molar-refractivity contribution is 9.10. The van der Waals surface area contributed by atoms with Crippen LogP contribution in [0.5, 0.6) is 0 Å². The van der Waals surface area contributed by atoms with Crippen molar-refractivity contribution in [3.8, 4) is 18.2 Å². The van der Waals surface area contributed by atoms with Crippen LogP contribution in [-0.4, -0.2) is 4.92 Å². The number of halogens is 1. The molecular formula is C11H4BrN5O2. The summed E-state index contributed by atoms with van der Waals surface area (Å²) < 4.78 is 0.459. The molecule has 19 heavy (non-hydrogen) atoms. The Morgan fingerprint density at radius 3 is 2.37 bits per heavy atom. The summed E-state index contributed by atoms with van der Waals surface area (Å²) in [5.74, 6) is 0. The summed E-state index contributed by atoms with van der Waals surface area (Å²) >= 11 is 3.15. The molecule has 8 heteroatoms. The van der Waals surface area contributed by atoms with Crippen LogP contribution in [0.15, 0.2) is 33.9 Å². The lowest BCUT2D eigenvalue weighted by molar-refractivity contribution is -0.384. The highest BCUT2D eigenvalue weighted by Gasteiger charge is 2.12. The lowest BCUT2D eigenvalue weighted by atomic mass is 10.2. The van der Waals surface area contributed by atoms with Crippen molar-refractivity contribution in [1.29, 1.82) is 15.8 Å². The lowest BCUT2D eigenvalue weighted by Gasteiger charge is -2.06. The Labute approximate surface area is 116 Å². The molecule has 7 nitrogen and oxygen atoms in total. The van der Waals surface area contributed by atoms with Crippen molar-refractivity contribution in [2.75, 3.05) is 5.32 Å². The van der Waals surface area contributed by atoms with E-state index in [4.69, 9.17) is 15.8 Å². The summed E-state index contributed by atoms with van der Waals surface area (Å²) in [6.45, 7) is 0. The van der Waals surface area contributed by atoms with Gasteiger partial charge in [-0.3, -0.25) is 10.1 Å². The summed E-state index contributed by atoms with van der Waals surface area (Å²) in [4.78, 5) is 10.1. The van der Waals surface area contributed by atoms with Crippen molar-refractivity contribution < 1.29 is 4.92 Å². The van der Waals surface area contributed by atoms with Crippen LogP contribution in [0.2, 0.25) is 0 Å². The molecular weight excluding hydrogens is 314 g/mol. The zero-order valence-electron chi connectivity index (χ0n) is 9.22. The van der Waals surface area contributed by atoms with Gasteiger partial charge in [0.15, 0.2) is 5.57 Å². The zero-order valence-corrected chi connectivity index (χ0v) is 10.8. The first-order chi connectivity index (χ1) is 9.03. The van der Waals surface area contributed by atoms with E-state index in [0.717, 1.165) is 0 Å². The molecule has 0 atom stereocenters. The minimum Gasteiger partial charge on any atom is -0.344 e. The van der Waals surface area contributed by atoms with Crippen LogP contribution in [0.4, 0.5) is 11.4 Å². The highest BCUT2D eigenvalue weighted by Crippen LogP contribution is 2.28. The third kappa shape index (κ3) is 3.29. The third-order valence-corrected chi connectivity index (χ3v) is 2.70. The van der Waals surface area contributed by atoms with Gasteiger partial charge in [0.05, 0.1) is 10.6 Å². The fourth-order valence-electron chi connectivity index (χ4n) is 1.14. The maximum absolute atomic E-state index is 10.6. The molecule has 92 valence electrons. The van der Waals surface area contributed by atoms with Gasteiger partial charge in [-0.05, 0) is 22.0 Å². The van der Waals surface area contributed by atoms with E-state index in [1.807, 2.05) is 0 Å². The van der Waals surface area contributed by atoms with E-state index in [1.165, 1.54) is 18.2 Å². The number of nitrogens with one attached hydrogen (secondary N) is 1. The number of allylic oxidation sites excluding steroid dienone is 2. The minimum absolute atomic E-state index is 0.182. The second-order valence-corrected chi connectivity index (χ2v) is 3.99. The molecule has 0 aliphatic carbocycles. The van der Waals surface area contributed by atoms with Gasteiger partial charge in [0.1, 0.15) is 23.9 Å². The Morgan fingerprint density at radius 1 is 1.26 bits per heavy atom. The first kappa shape index (κ1) is 14.2. The summed E-state index contributed by atoms with van der Waals surface area (Å²) in [5.41, 5.74) is -0.640. The van der Waals surface area contributed by atoms with Gasteiger partial charge in [0.25, 0.3) is 5.69 Å². The maximum atomic E-state index is 10.6. The molecule has 0 aromatic heterocycles. The molecule has 0 saturated carbocycles. The predicted molar refractivity (Wildman–Crippen MR) is 68.3 cm³/mol. The molecule has 1 aromatic carbocycles. The third-order valence-electron chi connectivity index (χ3n) is 2.01. The molecule has 0 radical (unpaired) electrons. The standard InChI is InChI=1S/C11H4BrN5O2/c12-9-2-1-8(17(18)19)3-10(9)16-11(6-15)7(4-13)5-14/h1-3,16H. The van der Waals surface area contributed by atoms with Gasteiger partial charge in [-0.1, -0.05) is 0 Å². The van der Waals surface area contributed by atoms with Crippen molar-refractivity contribution >= 4 is 27.3 Å². The molecule has 1 rings (SSSR count). The van der Waals surface area contributed by atoms with E-state index in [-0.39, 0.29) is 17.1 Å². The number of nitro groups is 1. The number of nitro benzene ring substituents is 1. The molecule has 1 aromatic rings. The Hall–Kier alpha value is -2.89. The molecule has 0 heterocycles. The molecule has 0 saturated heterocycles. The van der Waals surface area contributed by atoms with Gasteiger partial charge in [0.2, 0.25) is 0 Å². The van der Waals surface area contributed by atoms with Crippen LogP contribution >= 0.6 is 15.9 Å². The number of benzene rings is 1. The summed E-state index contributed by atoms with van der Waals surface area (Å²) in [7, 11) is 0. The maximum Gasteiger partial charge on any atom is 0.271 e. The zero-order chi connectivity index (χ0) is 14.4. The number of anilines is 1. The number of nitriles is 3. The molecule has 0 aliphatic rings. The van der Waals surface area contributed by atoms with E-state index in [1.54, 1.807) is 18.2 Å². The first-order valence-corrected chi connectivity index (χ1v) is 5.48. The van der Waals surface area contributed by atoms with Crippen LogP contribution in [0, 0.1) is 44.1 Å². The van der Waals surface area contributed by atoms with Crippen LogP contribution in [-0.2, 0) is 0 Å². The second kappa shape index (κ2) is 6.15. The van der Waals surface area contributed by atoms with Gasteiger partial charge >= 0.3 is 0 Å². The summed E-state index contributed by atoms with van der Waals surface area (Å²) in [5, 5.41) is 39.4. The summed E-state index contributed by atoms with van der Waals surface area (Å²) in [6.07, 6.45) is 0. The Kier molecular flexibility index (Phi) is 4.59. The minimum atomic E-state index is -0.594. The van der Waals surface area contributed by atoms with Crippen LogP contribution in [0.25, 0.3) is 0 Å². The highest BCUT2D eigenvalue weighted by atomic mass is 79.9. The second-order valence-electron chi connectivity index (χ2n) is 3.13. The van der Waals surface area contributed by atoms with Gasteiger partial charge in [-0.15, -0.1) is 0 Å². The number of hydrogen-bond acceptors (Lipinski definition) is 6. The van der Waals surface area contributed by atoms with Gasteiger partial charge in [-0.2, -0.15) is 15.8 Å². The van der Waals surface area contributed by atoms with Crippen molar-refractivity contribution in [2.24, 2.45) is 0 Å². The molecule has 0 unspecified atom stereocenters. The molecule has 1 N–H and O–H groups in total. The van der Waals surface area contributed by atoms with E-state index in [0.29, 0.717) is 4.47 Å². The van der Waals surface area contributed by atoms with Gasteiger partial charge < -0.3 is 5.32 Å². The number of nitrogens with zero attached hydrogens (tertiary/aromatic N) is 4. The normalized spacial score (nSPS) is 8.53. The fraction of sp³-hybridized carbons (Fsp3) is 0. The van der Waals surface area contributed by atoms with Crippen molar-refractivity contribution in [2.45, 2.75) is 0 Å². The SMILES string of the molecule is N#CC(C#N)=C(C#N)Nc1cc([N+](=O)[O-])ccc1Br. The van der Waals surface area contributed by atoms with Crippen molar-refractivity contribution in [1.82, 2.24) is 0 Å².